The molecule has 3 heteroatoms. The first-order valence-corrected chi connectivity index (χ1v) is 6.01. The minimum atomic E-state index is 0.129. The van der Waals surface area contributed by atoms with E-state index < -0.39 is 0 Å². The minimum absolute atomic E-state index is 0.129. The molecule has 0 radical (unpaired) electrons. The third-order valence-corrected chi connectivity index (χ3v) is 3.02. The zero-order chi connectivity index (χ0) is 12.4. The molecule has 2 aromatic rings. The van der Waals surface area contributed by atoms with Crippen LogP contribution in [0.4, 0.5) is 0 Å². The van der Waals surface area contributed by atoms with Gasteiger partial charge in [-0.3, -0.25) is 0 Å². The average molecular weight is 229 g/mol. The lowest BCUT2D eigenvalue weighted by Crippen LogP contribution is -2.08. The number of aryl methyl sites for hydroxylation is 2. The van der Waals surface area contributed by atoms with Crippen molar-refractivity contribution in [1.82, 2.24) is 9.78 Å². The molecule has 1 heterocycles. The van der Waals surface area contributed by atoms with E-state index in [1.165, 1.54) is 5.56 Å². The fourth-order valence-electron chi connectivity index (χ4n) is 1.99. The Bertz CT molecular complexity index is 497. The van der Waals surface area contributed by atoms with E-state index in [4.69, 9.17) is 5.73 Å². The molecule has 0 fully saturated rings. The highest BCUT2D eigenvalue weighted by atomic mass is 15.3. The van der Waals surface area contributed by atoms with Gasteiger partial charge < -0.3 is 5.73 Å². The summed E-state index contributed by atoms with van der Waals surface area (Å²) in [4.78, 5) is 0. The van der Waals surface area contributed by atoms with E-state index in [0.717, 1.165) is 23.5 Å². The van der Waals surface area contributed by atoms with Crippen LogP contribution in [-0.2, 0) is 0 Å². The zero-order valence-electron chi connectivity index (χ0n) is 10.6. The second-order valence-corrected chi connectivity index (χ2v) is 4.45. The van der Waals surface area contributed by atoms with E-state index >= 15 is 0 Å². The molecule has 0 aliphatic heterocycles. The molecule has 0 aliphatic rings. The van der Waals surface area contributed by atoms with Gasteiger partial charge in [0.15, 0.2) is 0 Å². The molecule has 0 spiro atoms. The van der Waals surface area contributed by atoms with Crippen molar-refractivity contribution in [1.29, 1.82) is 0 Å². The summed E-state index contributed by atoms with van der Waals surface area (Å²) in [6, 6.07) is 10.5. The molecule has 0 saturated carbocycles. The smallest absolute Gasteiger partial charge is 0.0648 e. The molecule has 0 aliphatic carbocycles. The maximum Gasteiger partial charge on any atom is 0.0648 e. The van der Waals surface area contributed by atoms with Gasteiger partial charge in [0.25, 0.3) is 0 Å². The summed E-state index contributed by atoms with van der Waals surface area (Å²) in [5, 5.41) is 4.46. The average Bonchev–Trinajstić information content (AvgIpc) is 2.68. The summed E-state index contributed by atoms with van der Waals surface area (Å²) in [6.07, 6.45) is 0.958. The Kier molecular flexibility index (Phi) is 3.29. The molecular formula is C14H19N3. The lowest BCUT2D eigenvalue weighted by molar-refractivity contribution is 0.698. The molecule has 0 saturated heterocycles. The zero-order valence-corrected chi connectivity index (χ0v) is 10.6. The quantitative estimate of drug-likeness (QED) is 0.879. The van der Waals surface area contributed by atoms with E-state index in [0.29, 0.717) is 0 Å². The van der Waals surface area contributed by atoms with Gasteiger partial charge in [0.2, 0.25) is 0 Å². The molecular weight excluding hydrogens is 210 g/mol. The van der Waals surface area contributed by atoms with Crippen molar-refractivity contribution in [2.45, 2.75) is 33.2 Å². The van der Waals surface area contributed by atoms with Crippen LogP contribution in [0.1, 0.15) is 36.3 Å². The van der Waals surface area contributed by atoms with Gasteiger partial charge in [-0.1, -0.05) is 19.1 Å². The van der Waals surface area contributed by atoms with Crippen LogP contribution < -0.4 is 5.73 Å². The van der Waals surface area contributed by atoms with Crippen LogP contribution in [0.5, 0.6) is 0 Å². The Hall–Kier alpha value is -1.61. The van der Waals surface area contributed by atoms with Crippen LogP contribution in [-0.4, -0.2) is 9.78 Å². The van der Waals surface area contributed by atoms with E-state index in [-0.39, 0.29) is 6.04 Å². The van der Waals surface area contributed by atoms with Crippen LogP contribution in [0.15, 0.2) is 30.3 Å². The third-order valence-electron chi connectivity index (χ3n) is 3.02. The van der Waals surface area contributed by atoms with Crippen molar-refractivity contribution in [2.24, 2.45) is 5.73 Å². The monoisotopic (exact) mass is 229 g/mol. The molecule has 2 rings (SSSR count). The second kappa shape index (κ2) is 4.72. The number of nitrogens with two attached hydrogens (primary N) is 1. The van der Waals surface area contributed by atoms with Gasteiger partial charge in [0.05, 0.1) is 11.4 Å². The number of rotatable bonds is 3. The molecule has 3 nitrogen and oxygen atoms in total. The maximum absolute atomic E-state index is 5.99. The van der Waals surface area contributed by atoms with E-state index in [2.05, 4.69) is 49.3 Å². The van der Waals surface area contributed by atoms with E-state index in [1.807, 2.05) is 11.6 Å². The number of nitrogens with zero attached hydrogens (tertiary/aromatic N) is 2. The summed E-state index contributed by atoms with van der Waals surface area (Å²) >= 11 is 0. The van der Waals surface area contributed by atoms with Crippen LogP contribution in [0.25, 0.3) is 5.69 Å². The highest BCUT2D eigenvalue weighted by Crippen LogP contribution is 2.17. The minimum Gasteiger partial charge on any atom is -0.324 e. The second-order valence-electron chi connectivity index (χ2n) is 4.45. The van der Waals surface area contributed by atoms with E-state index in [9.17, 15) is 0 Å². The summed E-state index contributed by atoms with van der Waals surface area (Å²) in [5.41, 5.74) is 10.4. The molecule has 1 aromatic carbocycles. The predicted molar refractivity (Wildman–Crippen MR) is 70.3 cm³/mol. The molecule has 90 valence electrons. The predicted octanol–water partition coefficient (Wildman–Crippen LogP) is 2.90. The summed E-state index contributed by atoms with van der Waals surface area (Å²) < 4.78 is 1.95. The lowest BCUT2D eigenvalue weighted by atomic mass is 10.1. The molecule has 1 aromatic heterocycles. The third kappa shape index (κ3) is 2.39. The van der Waals surface area contributed by atoms with Gasteiger partial charge in [-0.25, -0.2) is 4.68 Å². The number of hydrogen-bond acceptors (Lipinski definition) is 2. The van der Waals surface area contributed by atoms with Crippen molar-refractivity contribution < 1.29 is 0 Å². The van der Waals surface area contributed by atoms with Crippen LogP contribution in [0.3, 0.4) is 0 Å². The molecule has 17 heavy (non-hydrogen) atoms. The Morgan fingerprint density at radius 3 is 2.35 bits per heavy atom. The first-order chi connectivity index (χ1) is 8.11. The Labute approximate surface area is 102 Å². The number of benzene rings is 1. The van der Waals surface area contributed by atoms with Gasteiger partial charge in [-0.05, 0) is 44.0 Å². The Morgan fingerprint density at radius 2 is 1.88 bits per heavy atom. The Balaban J connectivity index is 2.32. The summed E-state index contributed by atoms with van der Waals surface area (Å²) in [6.45, 7) is 6.16. The van der Waals surface area contributed by atoms with Crippen LogP contribution >= 0.6 is 0 Å². The van der Waals surface area contributed by atoms with Crippen molar-refractivity contribution in [2.75, 3.05) is 0 Å². The lowest BCUT2D eigenvalue weighted by Gasteiger charge is -2.10. The number of aromatic nitrogens is 2. The highest BCUT2D eigenvalue weighted by molar-refractivity contribution is 5.36. The van der Waals surface area contributed by atoms with Gasteiger partial charge >= 0.3 is 0 Å². The fraction of sp³-hybridized carbons (Fsp3) is 0.357. The standard InChI is InChI=1S/C14H19N3/c1-4-14(15)12-5-7-13(8-6-12)17-11(3)9-10(2)16-17/h5-9,14H,4,15H2,1-3H3/t14-/m0/s1. The van der Waals surface area contributed by atoms with Gasteiger partial charge in [0, 0.05) is 11.7 Å². The summed E-state index contributed by atoms with van der Waals surface area (Å²) in [7, 11) is 0. The van der Waals surface area contributed by atoms with Gasteiger partial charge in [0.1, 0.15) is 0 Å². The SMILES string of the molecule is CC[C@H](N)c1ccc(-n2nc(C)cc2C)cc1. The normalized spacial score (nSPS) is 12.7. The van der Waals surface area contributed by atoms with Gasteiger partial charge in [-0.2, -0.15) is 5.10 Å². The first kappa shape index (κ1) is 11.9. The first-order valence-electron chi connectivity index (χ1n) is 6.01. The molecule has 2 N–H and O–H groups in total. The topological polar surface area (TPSA) is 43.8 Å². The number of hydrogen-bond donors (Lipinski definition) is 1. The fourth-order valence-corrected chi connectivity index (χ4v) is 1.99. The van der Waals surface area contributed by atoms with Crippen molar-refractivity contribution in [3.05, 3.63) is 47.3 Å². The van der Waals surface area contributed by atoms with Crippen molar-refractivity contribution in [3.8, 4) is 5.69 Å². The van der Waals surface area contributed by atoms with Crippen LogP contribution in [0, 0.1) is 13.8 Å². The highest BCUT2D eigenvalue weighted by Gasteiger charge is 2.06. The van der Waals surface area contributed by atoms with E-state index in [1.54, 1.807) is 0 Å². The molecule has 0 bridgehead atoms. The van der Waals surface area contributed by atoms with Gasteiger partial charge in [-0.15, -0.1) is 0 Å². The molecule has 0 amide bonds. The van der Waals surface area contributed by atoms with Crippen molar-refractivity contribution in [3.63, 3.8) is 0 Å². The Morgan fingerprint density at radius 1 is 1.24 bits per heavy atom. The summed E-state index contributed by atoms with van der Waals surface area (Å²) in [5.74, 6) is 0. The largest absolute Gasteiger partial charge is 0.324 e. The van der Waals surface area contributed by atoms with Crippen molar-refractivity contribution >= 4 is 0 Å². The molecule has 1 atom stereocenters. The molecule has 0 unspecified atom stereocenters. The maximum atomic E-state index is 5.99. The van der Waals surface area contributed by atoms with Crippen LogP contribution in [0.2, 0.25) is 0 Å².